The van der Waals surface area contributed by atoms with Crippen molar-refractivity contribution in [1.29, 1.82) is 0 Å². The van der Waals surface area contributed by atoms with E-state index in [9.17, 15) is 19.2 Å². The SMILES string of the molecule is CCc1cccc(NC(=O)COC(=O)CN2C(=O)N[C@@](C)(c3ccc(C)cc3)C2=O)c1. The van der Waals surface area contributed by atoms with E-state index in [1.807, 2.05) is 44.2 Å². The Kier molecular flexibility index (Phi) is 6.39. The molecular weight excluding hydrogens is 398 g/mol. The fourth-order valence-electron chi connectivity index (χ4n) is 3.31. The maximum absolute atomic E-state index is 12.9. The summed E-state index contributed by atoms with van der Waals surface area (Å²) in [6.07, 6.45) is 0.826. The molecule has 31 heavy (non-hydrogen) atoms. The molecule has 0 aromatic heterocycles. The molecule has 8 nitrogen and oxygen atoms in total. The van der Waals surface area contributed by atoms with Crippen molar-refractivity contribution in [2.45, 2.75) is 32.7 Å². The third-order valence-electron chi connectivity index (χ3n) is 5.17. The van der Waals surface area contributed by atoms with E-state index in [1.165, 1.54) is 0 Å². The van der Waals surface area contributed by atoms with Gasteiger partial charge in [-0.15, -0.1) is 0 Å². The van der Waals surface area contributed by atoms with E-state index >= 15 is 0 Å². The highest BCUT2D eigenvalue weighted by Crippen LogP contribution is 2.28. The monoisotopic (exact) mass is 423 g/mol. The third kappa shape index (κ3) is 4.91. The van der Waals surface area contributed by atoms with Gasteiger partial charge in [0.05, 0.1) is 0 Å². The fourth-order valence-corrected chi connectivity index (χ4v) is 3.31. The number of hydrogen-bond donors (Lipinski definition) is 2. The Bertz CT molecular complexity index is 1020. The molecule has 162 valence electrons. The Morgan fingerprint density at radius 2 is 1.84 bits per heavy atom. The van der Waals surface area contributed by atoms with Crippen LogP contribution in [0.15, 0.2) is 48.5 Å². The van der Waals surface area contributed by atoms with Crippen molar-refractivity contribution in [3.8, 4) is 0 Å². The molecule has 2 aromatic rings. The maximum Gasteiger partial charge on any atom is 0.326 e. The van der Waals surface area contributed by atoms with Crippen LogP contribution in [0.1, 0.15) is 30.5 Å². The highest BCUT2D eigenvalue weighted by atomic mass is 16.5. The lowest BCUT2D eigenvalue weighted by Crippen LogP contribution is -2.41. The zero-order valence-electron chi connectivity index (χ0n) is 17.7. The predicted molar refractivity (Wildman–Crippen MR) is 114 cm³/mol. The van der Waals surface area contributed by atoms with Gasteiger partial charge in [-0.3, -0.25) is 19.3 Å². The Hall–Kier alpha value is -3.68. The number of imide groups is 1. The molecule has 0 spiro atoms. The molecule has 2 N–H and O–H groups in total. The Balaban J connectivity index is 1.56. The van der Waals surface area contributed by atoms with Crippen molar-refractivity contribution < 1.29 is 23.9 Å². The first-order valence-corrected chi connectivity index (χ1v) is 9.98. The summed E-state index contributed by atoms with van der Waals surface area (Å²) in [6.45, 7) is 4.41. The van der Waals surface area contributed by atoms with Crippen molar-refractivity contribution in [2.24, 2.45) is 0 Å². The summed E-state index contributed by atoms with van der Waals surface area (Å²) in [5.41, 5.74) is 2.02. The van der Waals surface area contributed by atoms with Crippen molar-refractivity contribution in [2.75, 3.05) is 18.5 Å². The zero-order chi connectivity index (χ0) is 22.6. The molecule has 1 aliphatic heterocycles. The zero-order valence-corrected chi connectivity index (χ0v) is 17.7. The van der Waals surface area contributed by atoms with E-state index in [0.717, 1.165) is 22.4 Å². The standard InChI is InChI=1S/C23H25N3O5/c1-4-16-6-5-7-18(12-16)24-19(27)14-31-20(28)13-26-21(29)23(3,25-22(26)30)17-10-8-15(2)9-11-17/h5-12H,4,13-14H2,1-3H3,(H,24,27)(H,25,30)/t23-/m0/s1. The Labute approximate surface area is 180 Å². The van der Waals surface area contributed by atoms with Gasteiger partial charge in [0, 0.05) is 5.69 Å². The van der Waals surface area contributed by atoms with Gasteiger partial charge >= 0.3 is 12.0 Å². The van der Waals surface area contributed by atoms with Crippen LogP contribution in [0.3, 0.4) is 0 Å². The van der Waals surface area contributed by atoms with Gasteiger partial charge < -0.3 is 15.4 Å². The van der Waals surface area contributed by atoms with E-state index in [1.54, 1.807) is 25.1 Å². The van der Waals surface area contributed by atoms with Gasteiger partial charge in [0.1, 0.15) is 12.1 Å². The molecule has 0 bridgehead atoms. The molecule has 1 heterocycles. The van der Waals surface area contributed by atoms with E-state index in [4.69, 9.17) is 4.74 Å². The van der Waals surface area contributed by atoms with Gasteiger partial charge in [-0.05, 0) is 43.5 Å². The molecule has 0 radical (unpaired) electrons. The molecule has 0 saturated carbocycles. The van der Waals surface area contributed by atoms with Crippen LogP contribution in [0.4, 0.5) is 10.5 Å². The predicted octanol–water partition coefficient (Wildman–Crippen LogP) is 2.51. The average Bonchev–Trinajstić information content (AvgIpc) is 2.96. The molecule has 1 saturated heterocycles. The summed E-state index contributed by atoms with van der Waals surface area (Å²) in [6, 6.07) is 13.8. The van der Waals surface area contributed by atoms with Crippen molar-refractivity contribution in [1.82, 2.24) is 10.2 Å². The van der Waals surface area contributed by atoms with Gasteiger partial charge in [0.2, 0.25) is 0 Å². The Morgan fingerprint density at radius 1 is 1.13 bits per heavy atom. The molecule has 0 aliphatic carbocycles. The number of urea groups is 1. The molecule has 1 fully saturated rings. The summed E-state index contributed by atoms with van der Waals surface area (Å²) in [7, 11) is 0. The van der Waals surface area contributed by atoms with Crippen LogP contribution in [0, 0.1) is 6.92 Å². The molecular formula is C23H25N3O5. The quantitative estimate of drug-likeness (QED) is 0.526. The highest BCUT2D eigenvalue weighted by Gasteiger charge is 2.49. The molecule has 1 atom stereocenters. The smallest absolute Gasteiger partial charge is 0.326 e. The van der Waals surface area contributed by atoms with Gasteiger partial charge in [-0.2, -0.15) is 0 Å². The van der Waals surface area contributed by atoms with E-state index < -0.39 is 42.5 Å². The molecule has 8 heteroatoms. The van der Waals surface area contributed by atoms with Crippen LogP contribution in [0.5, 0.6) is 0 Å². The first-order valence-electron chi connectivity index (χ1n) is 9.98. The van der Waals surface area contributed by atoms with Crippen LogP contribution in [-0.4, -0.2) is 41.9 Å². The normalized spacial score (nSPS) is 18.0. The Morgan fingerprint density at radius 3 is 2.52 bits per heavy atom. The van der Waals surface area contributed by atoms with Crippen LogP contribution in [0.25, 0.3) is 0 Å². The number of carbonyl (C=O) groups is 4. The lowest BCUT2D eigenvalue weighted by molar-refractivity contribution is -0.150. The van der Waals surface area contributed by atoms with E-state index in [2.05, 4.69) is 10.6 Å². The summed E-state index contributed by atoms with van der Waals surface area (Å²) in [5.74, 6) is -1.92. The summed E-state index contributed by atoms with van der Waals surface area (Å²) in [5, 5.41) is 5.28. The topological polar surface area (TPSA) is 105 Å². The number of benzene rings is 2. The van der Waals surface area contributed by atoms with Crippen molar-refractivity contribution in [3.63, 3.8) is 0 Å². The van der Waals surface area contributed by atoms with Gasteiger partial charge in [-0.1, -0.05) is 48.9 Å². The number of anilines is 1. The van der Waals surface area contributed by atoms with Crippen molar-refractivity contribution in [3.05, 3.63) is 65.2 Å². The average molecular weight is 423 g/mol. The molecule has 2 aromatic carbocycles. The maximum atomic E-state index is 12.9. The van der Waals surface area contributed by atoms with Gasteiger partial charge in [0.25, 0.3) is 11.8 Å². The second-order valence-corrected chi connectivity index (χ2v) is 7.58. The van der Waals surface area contributed by atoms with Gasteiger partial charge in [0.15, 0.2) is 6.61 Å². The first-order chi connectivity index (χ1) is 14.7. The van der Waals surface area contributed by atoms with Crippen molar-refractivity contribution >= 4 is 29.5 Å². The minimum Gasteiger partial charge on any atom is -0.454 e. The highest BCUT2D eigenvalue weighted by molar-refractivity contribution is 6.09. The second-order valence-electron chi connectivity index (χ2n) is 7.58. The number of rotatable bonds is 7. The number of esters is 1. The second kappa shape index (κ2) is 8.99. The minimum absolute atomic E-state index is 0.511. The number of amides is 4. The summed E-state index contributed by atoms with van der Waals surface area (Å²) in [4.78, 5) is 50.2. The third-order valence-corrected chi connectivity index (χ3v) is 5.17. The number of ether oxygens (including phenoxy) is 1. The fraction of sp³-hybridized carbons (Fsp3) is 0.304. The van der Waals surface area contributed by atoms with E-state index in [-0.39, 0.29) is 0 Å². The molecule has 3 rings (SSSR count). The number of nitrogens with one attached hydrogen (secondary N) is 2. The van der Waals surface area contributed by atoms with Crippen LogP contribution < -0.4 is 10.6 Å². The lowest BCUT2D eigenvalue weighted by Gasteiger charge is -2.22. The number of carbonyl (C=O) groups excluding carboxylic acids is 4. The molecule has 4 amide bonds. The van der Waals surface area contributed by atoms with Crippen LogP contribution in [0.2, 0.25) is 0 Å². The van der Waals surface area contributed by atoms with Crippen LogP contribution in [-0.2, 0) is 31.1 Å². The lowest BCUT2D eigenvalue weighted by atomic mass is 9.91. The number of nitrogens with zero attached hydrogens (tertiary/aromatic N) is 1. The number of aryl methyl sites for hydroxylation is 2. The molecule has 0 unspecified atom stereocenters. The minimum atomic E-state index is -1.27. The molecule has 1 aliphatic rings. The summed E-state index contributed by atoms with van der Waals surface area (Å²) < 4.78 is 4.96. The summed E-state index contributed by atoms with van der Waals surface area (Å²) >= 11 is 0. The van der Waals surface area contributed by atoms with E-state index in [0.29, 0.717) is 11.3 Å². The number of hydrogen-bond acceptors (Lipinski definition) is 5. The first kappa shape index (κ1) is 22.0. The largest absolute Gasteiger partial charge is 0.454 e. The van der Waals surface area contributed by atoms with Crippen LogP contribution >= 0.6 is 0 Å². The van der Waals surface area contributed by atoms with Gasteiger partial charge in [-0.25, -0.2) is 4.79 Å².